The fraction of sp³-hybridized carbons (Fsp3) is 0.526. The fourth-order valence-electron chi connectivity index (χ4n) is 4.28. The van der Waals surface area contributed by atoms with Gasteiger partial charge >= 0.3 is 6.03 Å². The van der Waals surface area contributed by atoms with Crippen molar-refractivity contribution in [1.29, 1.82) is 0 Å². The lowest BCUT2D eigenvalue weighted by Gasteiger charge is -2.23. The Morgan fingerprint density at radius 1 is 1.12 bits per heavy atom. The van der Waals surface area contributed by atoms with E-state index < -0.39 is 11.6 Å². The molecule has 6 heteroatoms. The molecule has 0 aromatic heterocycles. The van der Waals surface area contributed by atoms with E-state index in [-0.39, 0.29) is 17.8 Å². The molecule has 132 valence electrons. The van der Waals surface area contributed by atoms with Crippen molar-refractivity contribution < 1.29 is 14.4 Å². The predicted molar refractivity (Wildman–Crippen MR) is 91.6 cm³/mol. The van der Waals surface area contributed by atoms with Gasteiger partial charge in [0, 0.05) is 19.6 Å². The predicted octanol–water partition coefficient (Wildman–Crippen LogP) is 1.91. The third kappa shape index (κ3) is 2.34. The molecular formula is C19H23N3O3. The lowest BCUT2D eigenvalue weighted by atomic mass is 9.99. The second-order valence-corrected chi connectivity index (χ2v) is 7.54. The first-order chi connectivity index (χ1) is 11.9. The molecule has 1 unspecified atom stereocenters. The number of carbonyl (C=O) groups is 3. The summed E-state index contributed by atoms with van der Waals surface area (Å²) in [5, 5.41) is 0. The highest BCUT2D eigenvalue weighted by molar-refractivity contribution is 6.10. The van der Waals surface area contributed by atoms with Gasteiger partial charge in [0.05, 0.1) is 0 Å². The second kappa shape index (κ2) is 5.58. The van der Waals surface area contributed by atoms with Crippen LogP contribution in [0.3, 0.4) is 0 Å². The van der Waals surface area contributed by atoms with Crippen LogP contribution in [0.5, 0.6) is 0 Å². The average Bonchev–Trinajstić information content (AvgIpc) is 3.19. The first-order valence-corrected chi connectivity index (χ1v) is 8.91. The Hall–Kier alpha value is -2.37. The Kier molecular flexibility index (Phi) is 3.60. The van der Waals surface area contributed by atoms with Crippen LogP contribution < -0.4 is 0 Å². The monoisotopic (exact) mass is 341 g/mol. The molecule has 3 aliphatic rings. The molecular weight excluding hydrogens is 318 g/mol. The molecule has 0 aliphatic carbocycles. The van der Waals surface area contributed by atoms with Gasteiger partial charge in [0.15, 0.2) is 0 Å². The Labute approximate surface area is 147 Å². The summed E-state index contributed by atoms with van der Waals surface area (Å²) in [6.45, 7) is 5.55. The second-order valence-electron chi connectivity index (χ2n) is 7.54. The number of hydrogen-bond donors (Lipinski definition) is 0. The van der Waals surface area contributed by atoms with Crippen LogP contribution in [0.4, 0.5) is 4.79 Å². The minimum Gasteiger partial charge on any atom is -0.336 e. The van der Waals surface area contributed by atoms with E-state index in [1.165, 1.54) is 10.5 Å². The molecule has 0 bridgehead atoms. The van der Waals surface area contributed by atoms with Gasteiger partial charge in [-0.25, -0.2) is 9.69 Å². The molecule has 3 saturated heterocycles. The summed E-state index contributed by atoms with van der Waals surface area (Å²) >= 11 is 0. The maximum Gasteiger partial charge on any atom is 0.328 e. The van der Waals surface area contributed by atoms with E-state index in [9.17, 15) is 14.4 Å². The number of carbonyl (C=O) groups excluding carboxylic acids is 3. The molecule has 3 aliphatic heterocycles. The molecule has 0 radical (unpaired) electrons. The quantitative estimate of drug-likeness (QED) is 0.789. The highest BCUT2D eigenvalue weighted by atomic mass is 16.2. The van der Waals surface area contributed by atoms with Crippen LogP contribution in [0.15, 0.2) is 24.3 Å². The molecule has 0 saturated carbocycles. The van der Waals surface area contributed by atoms with Crippen LogP contribution in [0.1, 0.15) is 37.3 Å². The summed E-state index contributed by atoms with van der Waals surface area (Å²) in [7, 11) is 0. The molecule has 0 N–H and O–H groups in total. The topological polar surface area (TPSA) is 60.9 Å². The van der Waals surface area contributed by atoms with Crippen LogP contribution in [0, 0.1) is 6.92 Å². The van der Waals surface area contributed by atoms with Gasteiger partial charge in [0.25, 0.3) is 5.91 Å². The van der Waals surface area contributed by atoms with Crippen molar-refractivity contribution in [2.45, 2.75) is 51.2 Å². The van der Waals surface area contributed by atoms with Crippen LogP contribution in [0.25, 0.3) is 0 Å². The minimum atomic E-state index is -0.748. The normalized spacial score (nSPS) is 29.1. The van der Waals surface area contributed by atoms with Gasteiger partial charge < -0.3 is 9.80 Å². The number of aryl methyl sites for hydroxylation is 1. The van der Waals surface area contributed by atoms with Crippen LogP contribution in [-0.2, 0) is 16.1 Å². The SMILES string of the molecule is Cc1ccc(CN2CCC(N3C(=O)N4CCC[C@@]4(C)C3=O)C2=O)cc1. The van der Waals surface area contributed by atoms with Crippen molar-refractivity contribution in [3.63, 3.8) is 0 Å². The Balaban J connectivity index is 1.51. The third-order valence-electron chi connectivity index (χ3n) is 5.83. The Bertz CT molecular complexity index is 745. The Morgan fingerprint density at radius 3 is 2.52 bits per heavy atom. The first-order valence-electron chi connectivity index (χ1n) is 8.91. The third-order valence-corrected chi connectivity index (χ3v) is 5.83. The van der Waals surface area contributed by atoms with Crippen LogP contribution >= 0.6 is 0 Å². The van der Waals surface area contributed by atoms with Gasteiger partial charge in [-0.1, -0.05) is 29.8 Å². The number of likely N-dealkylation sites (tertiary alicyclic amines) is 1. The zero-order valence-electron chi connectivity index (χ0n) is 14.7. The minimum absolute atomic E-state index is 0.118. The van der Waals surface area contributed by atoms with Gasteiger partial charge in [-0.15, -0.1) is 0 Å². The van der Waals surface area contributed by atoms with Crippen molar-refractivity contribution in [3.8, 4) is 0 Å². The number of nitrogens with zero attached hydrogens (tertiary/aromatic N) is 3. The average molecular weight is 341 g/mol. The van der Waals surface area contributed by atoms with Crippen LogP contribution in [-0.4, -0.2) is 57.2 Å². The number of rotatable bonds is 3. The Morgan fingerprint density at radius 2 is 1.84 bits per heavy atom. The van der Waals surface area contributed by atoms with Gasteiger partial charge in [-0.05, 0) is 38.7 Å². The van der Waals surface area contributed by atoms with E-state index in [4.69, 9.17) is 0 Å². The van der Waals surface area contributed by atoms with E-state index in [1.807, 2.05) is 38.1 Å². The van der Waals surface area contributed by atoms with E-state index in [0.717, 1.165) is 12.0 Å². The fourth-order valence-corrected chi connectivity index (χ4v) is 4.28. The van der Waals surface area contributed by atoms with Crippen molar-refractivity contribution in [2.24, 2.45) is 0 Å². The van der Waals surface area contributed by atoms with Crippen molar-refractivity contribution in [1.82, 2.24) is 14.7 Å². The van der Waals surface area contributed by atoms with E-state index in [1.54, 1.807) is 9.80 Å². The molecule has 2 atom stereocenters. The van der Waals surface area contributed by atoms with E-state index in [0.29, 0.717) is 32.5 Å². The summed E-state index contributed by atoms with van der Waals surface area (Å²) in [5.41, 5.74) is 1.49. The molecule has 4 amide bonds. The zero-order chi connectivity index (χ0) is 17.8. The van der Waals surface area contributed by atoms with Gasteiger partial charge in [-0.2, -0.15) is 0 Å². The number of urea groups is 1. The summed E-state index contributed by atoms with van der Waals surface area (Å²) in [5.74, 6) is -0.322. The maximum atomic E-state index is 12.8. The smallest absolute Gasteiger partial charge is 0.328 e. The highest BCUT2D eigenvalue weighted by Gasteiger charge is 2.59. The van der Waals surface area contributed by atoms with E-state index in [2.05, 4.69) is 0 Å². The largest absolute Gasteiger partial charge is 0.336 e. The van der Waals surface area contributed by atoms with Gasteiger partial charge in [0.2, 0.25) is 5.91 Å². The molecule has 1 aromatic rings. The highest BCUT2D eigenvalue weighted by Crippen LogP contribution is 2.39. The van der Waals surface area contributed by atoms with E-state index >= 15 is 0 Å². The molecule has 0 spiro atoms. The van der Waals surface area contributed by atoms with Gasteiger partial charge in [0.1, 0.15) is 11.6 Å². The van der Waals surface area contributed by atoms with Crippen LogP contribution in [0.2, 0.25) is 0 Å². The van der Waals surface area contributed by atoms with Crippen molar-refractivity contribution >= 4 is 17.8 Å². The maximum absolute atomic E-state index is 12.8. The lowest BCUT2D eigenvalue weighted by Crippen LogP contribution is -2.47. The molecule has 25 heavy (non-hydrogen) atoms. The van der Waals surface area contributed by atoms with Crippen molar-refractivity contribution in [2.75, 3.05) is 13.1 Å². The number of benzene rings is 1. The number of fused-ring (bicyclic) bond motifs is 1. The first kappa shape index (κ1) is 16.1. The molecule has 1 aromatic carbocycles. The molecule has 6 nitrogen and oxygen atoms in total. The summed E-state index contributed by atoms with van der Waals surface area (Å²) in [4.78, 5) is 43.0. The van der Waals surface area contributed by atoms with Gasteiger partial charge in [-0.3, -0.25) is 9.59 Å². The number of amides is 4. The number of imide groups is 1. The number of hydrogen-bond acceptors (Lipinski definition) is 3. The summed E-state index contributed by atoms with van der Waals surface area (Å²) in [6.07, 6.45) is 2.05. The lowest BCUT2D eigenvalue weighted by molar-refractivity contribution is -0.140. The standard InChI is InChI=1S/C19H23N3O3/c1-13-4-6-14(7-5-13)12-20-11-8-15(16(20)23)22-17(24)19(2)9-3-10-21(19)18(22)25/h4-7,15H,3,8-12H2,1-2H3/t15?,19-/m0/s1. The summed E-state index contributed by atoms with van der Waals surface area (Å²) in [6, 6.07) is 7.14. The molecule has 3 heterocycles. The molecule has 3 fully saturated rings. The molecule has 4 rings (SSSR count). The van der Waals surface area contributed by atoms with Crippen molar-refractivity contribution in [3.05, 3.63) is 35.4 Å². The zero-order valence-corrected chi connectivity index (χ0v) is 14.7. The summed E-state index contributed by atoms with van der Waals surface area (Å²) < 4.78 is 0.